The van der Waals surface area contributed by atoms with E-state index in [0.717, 1.165) is 18.4 Å². The van der Waals surface area contributed by atoms with E-state index in [9.17, 15) is 8.42 Å². The fourth-order valence-corrected chi connectivity index (χ4v) is 5.58. The van der Waals surface area contributed by atoms with Crippen molar-refractivity contribution in [3.05, 3.63) is 60.3 Å². The van der Waals surface area contributed by atoms with Crippen LogP contribution in [-0.2, 0) is 10.0 Å². The molecule has 0 aliphatic carbocycles. The van der Waals surface area contributed by atoms with E-state index in [2.05, 4.69) is 59.0 Å². The number of aromatic amines is 1. The van der Waals surface area contributed by atoms with Crippen molar-refractivity contribution in [2.75, 3.05) is 32.4 Å². The number of benzene rings is 2. The number of aromatic nitrogens is 1. The van der Waals surface area contributed by atoms with E-state index in [1.165, 1.54) is 22.1 Å². The lowest BCUT2D eigenvalue weighted by atomic mass is 9.89. The van der Waals surface area contributed by atoms with Gasteiger partial charge in [-0.3, -0.25) is 0 Å². The molecule has 0 amide bonds. The minimum atomic E-state index is -3.16. The van der Waals surface area contributed by atoms with Gasteiger partial charge in [-0.1, -0.05) is 36.4 Å². The molecule has 4 rings (SSSR count). The Labute approximate surface area is 166 Å². The summed E-state index contributed by atoms with van der Waals surface area (Å²) >= 11 is 0. The summed E-state index contributed by atoms with van der Waals surface area (Å²) in [6.45, 7) is 1.69. The van der Waals surface area contributed by atoms with Gasteiger partial charge < -0.3 is 10.3 Å². The van der Waals surface area contributed by atoms with Crippen LogP contribution >= 0.6 is 0 Å². The average molecular weight is 398 g/mol. The van der Waals surface area contributed by atoms with Gasteiger partial charge in [-0.25, -0.2) is 12.7 Å². The van der Waals surface area contributed by atoms with Crippen LogP contribution in [0.3, 0.4) is 0 Å². The lowest BCUT2D eigenvalue weighted by molar-refractivity contribution is 0.320. The molecule has 1 aliphatic rings. The number of piperidine rings is 1. The summed E-state index contributed by atoms with van der Waals surface area (Å²) in [4.78, 5) is 3.39. The number of hydrogen-bond donors (Lipinski definition) is 2. The second-order valence-corrected chi connectivity index (χ2v) is 9.55. The number of rotatable bonds is 6. The van der Waals surface area contributed by atoms with Crippen LogP contribution in [0.2, 0.25) is 0 Å². The van der Waals surface area contributed by atoms with Gasteiger partial charge in [-0.2, -0.15) is 0 Å². The monoisotopic (exact) mass is 397 g/mol. The zero-order chi connectivity index (χ0) is 19.6. The van der Waals surface area contributed by atoms with E-state index < -0.39 is 10.0 Å². The quantitative estimate of drug-likeness (QED) is 0.668. The molecule has 0 unspecified atom stereocenters. The van der Waals surface area contributed by atoms with Gasteiger partial charge in [-0.05, 0) is 54.6 Å². The summed E-state index contributed by atoms with van der Waals surface area (Å²) in [6.07, 6.45) is 3.83. The van der Waals surface area contributed by atoms with Gasteiger partial charge in [0.1, 0.15) is 0 Å². The molecule has 2 N–H and O–H groups in total. The smallest absolute Gasteiger partial charge is 0.215 e. The number of H-pyrrole nitrogens is 1. The van der Waals surface area contributed by atoms with Gasteiger partial charge in [0.2, 0.25) is 10.0 Å². The molecule has 0 spiro atoms. The van der Waals surface area contributed by atoms with Crippen molar-refractivity contribution in [1.82, 2.24) is 14.6 Å². The molecule has 0 radical (unpaired) electrons. The van der Waals surface area contributed by atoms with Crippen LogP contribution in [0.5, 0.6) is 0 Å². The molecule has 0 saturated carbocycles. The molecule has 2 heterocycles. The molecule has 28 heavy (non-hydrogen) atoms. The van der Waals surface area contributed by atoms with Gasteiger partial charge in [0.25, 0.3) is 0 Å². The third-order valence-corrected chi connectivity index (χ3v) is 7.59. The van der Waals surface area contributed by atoms with Crippen molar-refractivity contribution in [3.8, 4) is 11.1 Å². The SMILES string of the molecule is CNCCS(=O)(=O)N1CCC(c2c[nH]c3ccc(-c4ccccc4)cc23)CC1. The van der Waals surface area contributed by atoms with Crippen LogP contribution in [0.1, 0.15) is 24.3 Å². The van der Waals surface area contributed by atoms with Crippen molar-refractivity contribution >= 4 is 20.9 Å². The fraction of sp³-hybridized carbons (Fsp3) is 0.364. The predicted molar refractivity (Wildman–Crippen MR) is 115 cm³/mol. The molecule has 1 fully saturated rings. The first kappa shape index (κ1) is 19.2. The molecule has 1 aliphatic heterocycles. The summed E-state index contributed by atoms with van der Waals surface area (Å²) < 4.78 is 26.5. The molecule has 6 heteroatoms. The normalized spacial score (nSPS) is 16.6. The van der Waals surface area contributed by atoms with Gasteiger partial charge in [0.05, 0.1) is 5.75 Å². The minimum absolute atomic E-state index is 0.168. The minimum Gasteiger partial charge on any atom is -0.361 e. The van der Waals surface area contributed by atoms with Crippen molar-refractivity contribution in [2.45, 2.75) is 18.8 Å². The van der Waals surface area contributed by atoms with Crippen LogP contribution in [0, 0.1) is 0 Å². The summed E-state index contributed by atoms with van der Waals surface area (Å²) in [6, 6.07) is 16.9. The van der Waals surface area contributed by atoms with Gasteiger partial charge >= 0.3 is 0 Å². The third-order valence-electron chi connectivity index (χ3n) is 5.72. The first-order valence-electron chi connectivity index (χ1n) is 9.87. The van der Waals surface area contributed by atoms with Crippen molar-refractivity contribution in [2.24, 2.45) is 0 Å². The highest BCUT2D eigenvalue weighted by atomic mass is 32.2. The molecule has 0 atom stereocenters. The molecule has 0 bridgehead atoms. The van der Waals surface area contributed by atoms with E-state index in [1.54, 1.807) is 11.4 Å². The van der Waals surface area contributed by atoms with Gasteiger partial charge in [-0.15, -0.1) is 0 Å². The number of fused-ring (bicyclic) bond motifs is 1. The maximum absolute atomic E-state index is 12.4. The van der Waals surface area contributed by atoms with Gasteiger partial charge in [0.15, 0.2) is 0 Å². The predicted octanol–water partition coefficient (Wildman–Crippen LogP) is 3.56. The van der Waals surface area contributed by atoms with Crippen LogP contribution in [-0.4, -0.2) is 50.1 Å². The third kappa shape index (κ3) is 3.85. The fourth-order valence-electron chi connectivity index (χ4n) is 4.10. The first-order chi connectivity index (χ1) is 13.6. The summed E-state index contributed by atoms with van der Waals surface area (Å²) in [5.74, 6) is 0.553. The molecule has 1 saturated heterocycles. The first-order valence-corrected chi connectivity index (χ1v) is 11.5. The summed E-state index contributed by atoms with van der Waals surface area (Å²) in [7, 11) is -1.38. The Bertz CT molecular complexity index is 1040. The molecule has 3 aromatic rings. The topological polar surface area (TPSA) is 65.2 Å². The molecular weight excluding hydrogens is 370 g/mol. The van der Waals surface area contributed by atoms with E-state index in [0.29, 0.717) is 25.6 Å². The maximum atomic E-state index is 12.4. The number of nitrogens with one attached hydrogen (secondary N) is 2. The largest absolute Gasteiger partial charge is 0.361 e. The van der Waals surface area contributed by atoms with Crippen molar-refractivity contribution < 1.29 is 8.42 Å². The Morgan fingerprint density at radius 3 is 2.54 bits per heavy atom. The molecule has 1 aromatic heterocycles. The molecule has 5 nitrogen and oxygen atoms in total. The number of sulfonamides is 1. The van der Waals surface area contributed by atoms with Crippen LogP contribution in [0.15, 0.2) is 54.7 Å². The Hall–Kier alpha value is -2.15. The molecule has 2 aromatic carbocycles. The van der Waals surface area contributed by atoms with E-state index in [-0.39, 0.29) is 5.75 Å². The van der Waals surface area contributed by atoms with E-state index in [4.69, 9.17) is 0 Å². The summed E-state index contributed by atoms with van der Waals surface area (Å²) in [5, 5.41) is 4.17. The molecular formula is C22H27N3O2S. The van der Waals surface area contributed by atoms with E-state index in [1.807, 2.05) is 6.07 Å². The number of hydrogen-bond acceptors (Lipinski definition) is 3. The Morgan fingerprint density at radius 2 is 1.82 bits per heavy atom. The van der Waals surface area contributed by atoms with E-state index >= 15 is 0 Å². The van der Waals surface area contributed by atoms with Crippen molar-refractivity contribution in [1.29, 1.82) is 0 Å². The standard InChI is InChI=1S/C22H27N3O2S/c1-23-11-14-28(26,27)25-12-9-18(10-13-25)21-16-24-22-8-7-19(15-20(21)22)17-5-3-2-4-6-17/h2-8,15-16,18,23-24H,9-14H2,1H3. The maximum Gasteiger partial charge on any atom is 0.215 e. The van der Waals surface area contributed by atoms with Crippen LogP contribution < -0.4 is 5.32 Å². The summed E-state index contributed by atoms with van der Waals surface area (Å²) in [5.41, 5.74) is 4.86. The Kier molecular flexibility index (Phi) is 5.53. The number of nitrogens with zero attached hydrogens (tertiary/aromatic N) is 1. The second-order valence-electron chi connectivity index (χ2n) is 7.46. The lowest BCUT2D eigenvalue weighted by Gasteiger charge is -2.31. The second kappa shape index (κ2) is 8.07. The zero-order valence-corrected chi connectivity index (χ0v) is 17.0. The van der Waals surface area contributed by atoms with Crippen molar-refractivity contribution in [3.63, 3.8) is 0 Å². The highest BCUT2D eigenvalue weighted by Gasteiger charge is 2.29. The molecule has 148 valence electrons. The lowest BCUT2D eigenvalue weighted by Crippen LogP contribution is -2.40. The van der Waals surface area contributed by atoms with Gasteiger partial charge in [0, 0.05) is 36.7 Å². The zero-order valence-electron chi connectivity index (χ0n) is 16.2. The highest BCUT2D eigenvalue weighted by molar-refractivity contribution is 7.89. The highest BCUT2D eigenvalue weighted by Crippen LogP contribution is 2.35. The van der Waals surface area contributed by atoms with Crippen LogP contribution in [0.25, 0.3) is 22.0 Å². The average Bonchev–Trinajstić information content (AvgIpc) is 3.16. The van der Waals surface area contributed by atoms with Crippen LogP contribution in [0.4, 0.5) is 0 Å². The Morgan fingerprint density at radius 1 is 1.07 bits per heavy atom. The Balaban J connectivity index is 1.54.